The van der Waals surface area contributed by atoms with Crippen molar-refractivity contribution in [1.82, 2.24) is 0 Å². The van der Waals surface area contributed by atoms with Crippen LogP contribution in [-0.2, 0) is 47.4 Å². The molecule has 20 nitrogen and oxygen atoms in total. The summed E-state index contributed by atoms with van der Waals surface area (Å²) in [6, 6.07) is 0. The van der Waals surface area contributed by atoms with Crippen molar-refractivity contribution in [1.29, 1.82) is 0 Å². The van der Waals surface area contributed by atoms with E-state index in [1.807, 2.05) is 0 Å². The predicted molar refractivity (Wildman–Crippen MR) is 142 cm³/mol. The van der Waals surface area contributed by atoms with Gasteiger partial charge >= 0.3 is 0 Å². The number of aliphatic hydroxyl groups excluding tert-OH is 10. The summed E-state index contributed by atoms with van der Waals surface area (Å²) in [6.45, 7) is -2.15. The van der Waals surface area contributed by atoms with Crippen molar-refractivity contribution in [3.8, 4) is 0 Å². The Morgan fingerprint density at radius 3 is 1.57 bits per heavy atom. The SMILES string of the molecule is CO[C@H]1OC(CO)[C@@H](O[C@H]2OC(CO[C@H]3OC(CO)[C@@H](OC)[C@H](O)C3O)[C@@H](O[C@H]3OC[C@@H](OC)[C@H](O)C3O)[C@H](O)C2O)[C@H](O)C1O. The van der Waals surface area contributed by atoms with E-state index in [2.05, 4.69) is 0 Å². The molecule has 0 aromatic heterocycles. The van der Waals surface area contributed by atoms with Crippen molar-refractivity contribution in [3.63, 3.8) is 0 Å². The lowest BCUT2D eigenvalue weighted by atomic mass is 9.96. The smallest absolute Gasteiger partial charge is 0.187 e. The van der Waals surface area contributed by atoms with E-state index in [-0.39, 0.29) is 6.61 Å². The van der Waals surface area contributed by atoms with Gasteiger partial charge in [0.2, 0.25) is 0 Å². The van der Waals surface area contributed by atoms with Crippen LogP contribution in [0.2, 0.25) is 0 Å². The van der Waals surface area contributed by atoms with Crippen LogP contribution in [0.1, 0.15) is 0 Å². The molecule has 4 rings (SSSR count). The van der Waals surface area contributed by atoms with E-state index in [0.717, 1.165) is 0 Å². The van der Waals surface area contributed by atoms with Crippen molar-refractivity contribution in [2.24, 2.45) is 0 Å². The summed E-state index contributed by atoms with van der Waals surface area (Å²) in [7, 11) is 3.75. The average Bonchev–Trinajstić information content (AvgIpc) is 3.05. The fourth-order valence-electron chi connectivity index (χ4n) is 5.81. The molecule has 4 aliphatic rings. The Labute approximate surface area is 263 Å². The van der Waals surface area contributed by atoms with Crippen LogP contribution in [-0.4, -0.2) is 216 Å². The molecule has 46 heavy (non-hydrogen) atoms. The number of aliphatic hydroxyl groups is 10. The Kier molecular flexibility index (Phi) is 13.8. The van der Waals surface area contributed by atoms with Crippen molar-refractivity contribution in [2.45, 2.75) is 117 Å². The molecule has 0 spiro atoms. The standard InChI is InChI=1S/C26H46O20/c1-37-10-6-40-25(16(33)12(10)29)45-22-11(7-41-24-18(35)13(30)20(38-2)8(4-27)43-24)44-26(19(36)15(22)32)46-21-9(5-28)42-23(39-3)17(34)14(21)31/h8-36H,4-7H2,1-3H3/t8?,9?,10-,11?,12+,13-,14-,15-,16?,17?,18?,19?,20-,21-,22-,23+,24+,25-,26-/m1/s1. The van der Waals surface area contributed by atoms with Gasteiger partial charge in [-0.1, -0.05) is 0 Å². The zero-order valence-corrected chi connectivity index (χ0v) is 25.4. The van der Waals surface area contributed by atoms with E-state index in [4.69, 9.17) is 47.4 Å². The van der Waals surface area contributed by atoms with E-state index in [1.165, 1.54) is 21.3 Å². The zero-order chi connectivity index (χ0) is 33.9. The van der Waals surface area contributed by atoms with Gasteiger partial charge in [0.05, 0.1) is 26.4 Å². The molecule has 0 aromatic rings. The molecule has 0 aliphatic carbocycles. The molecule has 4 fully saturated rings. The molecule has 0 radical (unpaired) electrons. The highest BCUT2D eigenvalue weighted by Gasteiger charge is 2.54. The van der Waals surface area contributed by atoms with Gasteiger partial charge in [-0.25, -0.2) is 0 Å². The fourth-order valence-corrected chi connectivity index (χ4v) is 5.81. The van der Waals surface area contributed by atoms with Crippen LogP contribution in [0.15, 0.2) is 0 Å². The quantitative estimate of drug-likeness (QED) is 0.0917. The van der Waals surface area contributed by atoms with Crippen LogP contribution in [0, 0.1) is 0 Å². The van der Waals surface area contributed by atoms with Crippen LogP contribution < -0.4 is 0 Å². The number of hydrogen-bond acceptors (Lipinski definition) is 20. The van der Waals surface area contributed by atoms with Gasteiger partial charge in [0.25, 0.3) is 0 Å². The highest BCUT2D eigenvalue weighted by Crippen LogP contribution is 2.33. The molecule has 4 aliphatic heterocycles. The largest absolute Gasteiger partial charge is 0.394 e. The van der Waals surface area contributed by atoms with Gasteiger partial charge in [0.1, 0.15) is 91.6 Å². The third-order valence-electron chi connectivity index (χ3n) is 8.53. The molecule has 0 amide bonds. The summed E-state index contributed by atoms with van der Waals surface area (Å²) in [5, 5.41) is 105. The van der Waals surface area contributed by atoms with Gasteiger partial charge in [-0.2, -0.15) is 0 Å². The van der Waals surface area contributed by atoms with Gasteiger partial charge in [-0.3, -0.25) is 0 Å². The molecule has 0 aromatic carbocycles. The Hall–Kier alpha value is -0.800. The number of rotatable bonds is 12. The van der Waals surface area contributed by atoms with Crippen molar-refractivity contribution in [2.75, 3.05) is 47.8 Å². The second-order valence-electron chi connectivity index (χ2n) is 11.4. The number of methoxy groups -OCH3 is 3. The molecule has 0 saturated carbocycles. The van der Waals surface area contributed by atoms with E-state index < -0.39 is 137 Å². The predicted octanol–water partition coefficient (Wildman–Crippen LogP) is -7.15. The lowest BCUT2D eigenvalue weighted by Gasteiger charge is -2.48. The second-order valence-corrected chi connectivity index (χ2v) is 11.4. The molecule has 7 unspecified atom stereocenters. The first kappa shape index (κ1) is 38.0. The van der Waals surface area contributed by atoms with Crippen molar-refractivity contribution in [3.05, 3.63) is 0 Å². The summed E-state index contributed by atoms with van der Waals surface area (Å²) in [6.07, 6.45) is -28.7. The Balaban J connectivity index is 1.54. The second kappa shape index (κ2) is 16.7. The Bertz CT molecular complexity index is 915. The molecule has 4 heterocycles. The summed E-state index contributed by atoms with van der Waals surface area (Å²) >= 11 is 0. The van der Waals surface area contributed by atoms with Gasteiger partial charge in [0.15, 0.2) is 25.2 Å². The number of ether oxygens (including phenoxy) is 10. The highest BCUT2D eigenvalue weighted by molar-refractivity contribution is 4.96. The molecular weight excluding hydrogens is 632 g/mol. The molecule has 4 saturated heterocycles. The summed E-state index contributed by atoms with van der Waals surface area (Å²) in [5.41, 5.74) is 0. The minimum absolute atomic E-state index is 0.214. The van der Waals surface area contributed by atoms with E-state index in [0.29, 0.717) is 0 Å². The highest BCUT2D eigenvalue weighted by atomic mass is 16.8. The summed E-state index contributed by atoms with van der Waals surface area (Å²) in [5.74, 6) is 0. The van der Waals surface area contributed by atoms with E-state index in [9.17, 15) is 51.1 Å². The lowest BCUT2D eigenvalue weighted by molar-refractivity contribution is -0.380. The summed E-state index contributed by atoms with van der Waals surface area (Å²) in [4.78, 5) is 0. The Morgan fingerprint density at radius 1 is 0.500 bits per heavy atom. The topological polar surface area (TPSA) is 295 Å². The van der Waals surface area contributed by atoms with Crippen LogP contribution >= 0.6 is 0 Å². The maximum Gasteiger partial charge on any atom is 0.187 e. The first-order chi connectivity index (χ1) is 21.9. The van der Waals surface area contributed by atoms with Crippen molar-refractivity contribution < 1.29 is 98.4 Å². The van der Waals surface area contributed by atoms with Crippen LogP contribution in [0.5, 0.6) is 0 Å². The maximum atomic E-state index is 11.2. The molecule has 0 bridgehead atoms. The van der Waals surface area contributed by atoms with E-state index >= 15 is 0 Å². The lowest BCUT2D eigenvalue weighted by Crippen LogP contribution is -2.66. The Morgan fingerprint density at radius 2 is 0.978 bits per heavy atom. The number of hydrogen-bond donors (Lipinski definition) is 10. The zero-order valence-electron chi connectivity index (χ0n) is 25.4. The monoisotopic (exact) mass is 678 g/mol. The van der Waals surface area contributed by atoms with Gasteiger partial charge in [-0.05, 0) is 0 Å². The van der Waals surface area contributed by atoms with Crippen LogP contribution in [0.3, 0.4) is 0 Å². The first-order valence-corrected chi connectivity index (χ1v) is 14.7. The summed E-state index contributed by atoms with van der Waals surface area (Å²) < 4.78 is 54.6. The fraction of sp³-hybridized carbons (Fsp3) is 1.00. The molecular formula is C26H46O20. The third kappa shape index (κ3) is 7.82. The van der Waals surface area contributed by atoms with Gasteiger partial charge in [-0.15, -0.1) is 0 Å². The maximum absolute atomic E-state index is 11.2. The normalized spacial score (nSPS) is 50.4. The minimum atomic E-state index is -1.93. The average molecular weight is 679 g/mol. The van der Waals surface area contributed by atoms with Crippen LogP contribution in [0.25, 0.3) is 0 Å². The third-order valence-corrected chi connectivity index (χ3v) is 8.53. The molecule has 20 heteroatoms. The van der Waals surface area contributed by atoms with E-state index in [1.54, 1.807) is 0 Å². The molecule has 19 atom stereocenters. The molecule has 270 valence electrons. The minimum Gasteiger partial charge on any atom is -0.394 e. The van der Waals surface area contributed by atoms with Gasteiger partial charge in [0, 0.05) is 21.3 Å². The van der Waals surface area contributed by atoms with Crippen molar-refractivity contribution >= 4 is 0 Å². The van der Waals surface area contributed by atoms with Crippen LogP contribution in [0.4, 0.5) is 0 Å². The molecule has 10 N–H and O–H groups in total. The first-order valence-electron chi connectivity index (χ1n) is 14.7. The van der Waals surface area contributed by atoms with Gasteiger partial charge < -0.3 is 98.4 Å².